The summed E-state index contributed by atoms with van der Waals surface area (Å²) in [5.41, 5.74) is 4.39. The smallest absolute Gasteiger partial charge is 0.274 e. The molecule has 1 aromatic carbocycles. The minimum Gasteiger partial charge on any atom is -0.494 e. The fourth-order valence-corrected chi connectivity index (χ4v) is 2.21. The van der Waals surface area contributed by atoms with Crippen LogP contribution in [-0.4, -0.2) is 24.8 Å². The molecule has 2 rings (SSSR count). The monoisotopic (exact) mass is 330 g/mol. The van der Waals surface area contributed by atoms with E-state index in [1.54, 1.807) is 19.9 Å². The number of rotatable bonds is 7. The molecule has 0 aliphatic carbocycles. The predicted molar refractivity (Wildman–Crippen MR) is 91.9 cm³/mol. The van der Waals surface area contributed by atoms with Crippen molar-refractivity contribution < 1.29 is 18.7 Å². The molecule has 1 heterocycles. The summed E-state index contributed by atoms with van der Waals surface area (Å²) in [6, 6.07) is 7.14. The fourth-order valence-electron chi connectivity index (χ4n) is 2.21. The van der Waals surface area contributed by atoms with Crippen molar-refractivity contribution in [2.45, 2.75) is 27.7 Å². The van der Waals surface area contributed by atoms with E-state index in [1.165, 1.54) is 6.26 Å². The Labute approximate surface area is 141 Å². The molecule has 1 N–H and O–H groups in total. The first-order valence-corrected chi connectivity index (χ1v) is 7.85. The maximum absolute atomic E-state index is 12.1. The van der Waals surface area contributed by atoms with Crippen LogP contribution in [0, 0.1) is 6.92 Å². The van der Waals surface area contributed by atoms with Gasteiger partial charge in [0.05, 0.1) is 30.8 Å². The van der Waals surface area contributed by atoms with Gasteiger partial charge in [0.25, 0.3) is 5.91 Å². The van der Waals surface area contributed by atoms with Crippen molar-refractivity contribution in [1.82, 2.24) is 5.43 Å². The van der Waals surface area contributed by atoms with E-state index in [2.05, 4.69) is 10.5 Å². The largest absolute Gasteiger partial charge is 0.494 e. The number of nitrogens with zero attached hydrogens (tertiary/aromatic N) is 1. The van der Waals surface area contributed by atoms with Crippen molar-refractivity contribution >= 4 is 11.6 Å². The SMILES string of the molecule is CCOc1ccc(OCC)c(/C(C)=N\NC(=O)c2ccoc2C)c1. The van der Waals surface area contributed by atoms with Crippen molar-refractivity contribution in [1.29, 1.82) is 0 Å². The molecule has 0 fully saturated rings. The number of ether oxygens (including phenoxy) is 2. The topological polar surface area (TPSA) is 73.1 Å². The van der Waals surface area contributed by atoms with Gasteiger partial charge in [0.1, 0.15) is 17.3 Å². The molecule has 0 atom stereocenters. The first-order chi connectivity index (χ1) is 11.6. The van der Waals surface area contributed by atoms with Gasteiger partial charge in [0.2, 0.25) is 0 Å². The highest BCUT2D eigenvalue weighted by molar-refractivity contribution is 6.03. The Morgan fingerprint density at radius 3 is 2.54 bits per heavy atom. The summed E-state index contributed by atoms with van der Waals surface area (Å²) >= 11 is 0. The van der Waals surface area contributed by atoms with Gasteiger partial charge in [-0.1, -0.05) is 0 Å². The van der Waals surface area contributed by atoms with E-state index in [4.69, 9.17) is 13.9 Å². The summed E-state index contributed by atoms with van der Waals surface area (Å²) in [7, 11) is 0. The number of benzene rings is 1. The number of furan rings is 1. The van der Waals surface area contributed by atoms with Crippen LogP contribution >= 0.6 is 0 Å². The van der Waals surface area contributed by atoms with Gasteiger partial charge in [-0.3, -0.25) is 4.79 Å². The molecule has 128 valence electrons. The lowest BCUT2D eigenvalue weighted by atomic mass is 10.1. The van der Waals surface area contributed by atoms with Crippen molar-refractivity contribution in [2.75, 3.05) is 13.2 Å². The lowest BCUT2D eigenvalue weighted by molar-refractivity contribution is 0.0953. The molecule has 0 unspecified atom stereocenters. The lowest BCUT2D eigenvalue weighted by Crippen LogP contribution is -2.19. The summed E-state index contributed by atoms with van der Waals surface area (Å²) in [5, 5.41) is 4.18. The van der Waals surface area contributed by atoms with Gasteiger partial charge < -0.3 is 13.9 Å². The molecule has 0 aliphatic heterocycles. The maximum Gasteiger partial charge on any atom is 0.274 e. The highest BCUT2D eigenvalue weighted by atomic mass is 16.5. The zero-order valence-electron chi connectivity index (χ0n) is 14.4. The number of aryl methyl sites for hydroxylation is 1. The number of carbonyl (C=O) groups excluding carboxylic acids is 1. The van der Waals surface area contributed by atoms with Gasteiger partial charge in [-0.15, -0.1) is 0 Å². The molecule has 0 saturated heterocycles. The predicted octanol–water partition coefficient (Wildman–Crippen LogP) is 3.54. The molecule has 0 bridgehead atoms. The average molecular weight is 330 g/mol. The van der Waals surface area contributed by atoms with E-state index >= 15 is 0 Å². The second kappa shape index (κ2) is 8.19. The highest BCUT2D eigenvalue weighted by Crippen LogP contribution is 2.25. The highest BCUT2D eigenvalue weighted by Gasteiger charge is 2.12. The van der Waals surface area contributed by atoms with Crippen LogP contribution in [0.3, 0.4) is 0 Å². The van der Waals surface area contributed by atoms with E-state index in [1.807, 2.05) is 32.0 Å². The Balaban J connectivity index is 2.23. The van der Waals surface area contributed by atoms with Crippen LogP contribution in [-0.2, 0) is 0 Å². The molecule has 24 heavy (non-hydrogen) atoms. The summed E-state index contributed by atoms with van der Waals surface area (Å²) < 4.78 is 16.3. The van der Waals surface area contributed by atoms with E-state index in [-0.39, 0.29) is 5.91 Å². The maximum atomic E-state index is 12.1. The van der Waals surface area contributed by atoms with Crippen molar-refractivity contribution in [3.8, 4) is 11.5 Å². The van der Waals surface area contributed by atoms with Gasteiger partial charge in [-0.2, -0.15) is 5.10 Å². The zero-order chi connectivity index (χ0) is 17.5. The molecular weight excluding hydrogens is 308 g/mol. The number of hydrogen-bond acceptors (Lipinski definition) is 5. The van der Waals surface area contributed by atoms with Crippen LogP contribution in [0.1, 0.15) is 42.5 Å². The summed E-state index contributed by atoms with van der Waals surface area (Å²) in [6.45, 7) is 8.47. The van der Waals surface area contributed by atoms with Crippen molar-refractivity contribution in [2.24, 2.45) is 5.10 Å². The normalized spacial score (nSPS) is 11.2. The second-order valence-corrected chi connectivity index (χ2v) is 5.05. The number of carbonyl (C=O) groups is 1. The number of hydrazone groups is 1. The number of nitrogens with one attached hydrogen (secondary N) is 1. The van der Waals surface area contributed by atoms with E-state index in [0.717, 1.165) is 11.3 Å². The fraction of sp³-hybridized carbons (Fsp3) is 0.333. The minimum absolute atomic E-state index is 0.320. The molecular formula is C18H22N2O4. The molecule has 0 spiro atoms. The second-order valence-electron chi connectivity index (χ2n) is 5.05. The molecule has 6 nitrogen and oxygen atoms in total. The van der Waals surface area contributed by atoms with Crippen LogP contribution in [0.4, 0.5) is 0 Å². The number of hydrogen-bond donors (Lipinski definition) is 1. The number of amides is 1. The van der Waals surface area contributed by atoms with E-state index in [0.29, 0.717) is 36.0 Å². The molecule has 1 aromatic heterocycles. The van der Waals surface area contributed by atoms with Crippen LogP contribution < -0.4 is 14.9 Å². The van der Waals surface area contributed by atoms with Crippen LogP contribution in [0.5, 0.6) is 11.5 Å². The Morgan fingerprint density at radius 2 is 1.92 bits per heavy atom. The summed E-state index contributed by atoms with van der Waals surface area (Å²) in [5.74, 6) is 1.65. The Hall–Kier alpha value is -2.76. The molecule has 2 aromatic rings. The van der Waals surface area contributed by atoms with Gasteiger partial charge in [0, 0.05) is 5.56 Å². The summed E-state index contributed by atoms with van der Waals surface area (Å²) in [6.07, 6.45) is 1.47. The minimum atomic E-state index is -0.320. The van der Waals surface area contributed by atoms with Crippen LogP contribution in [0.15, 0.2) is 40.0 Å². The van der Waals surface area contributed by atoms with E-state index < -0.39 is 0 Å². The lowest BCUT2D eigenvalue weighted by Gasteiger charge is -2.12. The van der Waals surface area contributed by atoms with Gasteiger partial charge in [0.15, 0.2) is 0 Å². The third-order valence-corrected chi connectivity index (χ3v) is 3.38. The van der Waals surface area contributed by atoms with Gasteiger partial charge in [-0.25, -0.2) is 5.43 Å². The third kappa shape index (κ3) is 4.16. The standard InChI is InChI=1S/C18H22N2O4/c1-5-22-14-7-8-17(23-6-2)16(11-14)12(3)19-20-18(21)15-9-10-24-13(15)4/h7-11H,5-6H2,1-4H3,(H,20,21)/b19-12-. The summed E-state index contributed by atoms with van der Waals surface area (Å²) in [4.78, 5) is 12.1. The van der Waals surface area contributed by atoms with E-state index in [9.17, 15) is 4.79 Å². The zero-order valence-corrected chi connectivity index (χ0v) is 14.4. The Kier molecular flexibility index (Phi) is 6.01. The average Bonchev–Trinajstić information content (AvgIpc) is 3.00. The van der Waals surface area contributed by atoms with Crippen LogP contribution in [0.25, 0.3) is 0 Å². The van der Waals surface area contributed by atoms with Gasteiger partial charge in [-0.05, 0) is 52.0 Å². The molecule has 0 saturated carbocycles. The first-order valence-electron chi connectivity index (χ1n) is 7.85. The molecule has 0 aliphatic rings. The quantitative estimate of drug-likeness (QED) is 0.622. The van der Waals surface area contributed by atoms with Crippen LogP contribution in [0.2, 0.25) is 0 Å². The first kappa shape index (κ1) is 17.6. The molecule has 1 amide bonds. The molecule has 6 heteroatoms. The molecule has 0 radical (unpaired) electrons. The van der Waals surface area contributed by atoms with Crippen molar-refractivity contribution in [3.63, 3.8) is 0 Å². The third-order valence-electron chi connectivity index (χ3n) is 3.38. The Morgan fingerprint density at radius 1 is 1.17 bits per heavy atom. The Bertz CT molecular complexity index is 734. The van der Waals surface area contributed by atoms with Gasteiger partial charge >= 0.3 is 0 Å². The van der Waals surface area contributed by atoms with Crippen molar-refractivity contribution in [3.05, 3.63) is 47.4 Å².